The number of aromatic nitrogens is 3. The van der Waals surface area contributed by atoms with Gasteiger partial charge in [-0.05, 0) is 36.3 Å². The molecule has 2 N–H and O–H groups in total. The highest BCUT2D eigenvalue weighted by Crippen LogP contribution is 2.16. The van der Waals surface area contributed by atoms with Crippen molar-refractivity contribution in [3.05, 3.63) is 47.8 Å². The molecule has 0 saturated heterocycles. The van der Waals surface area contributed by atoms with Gasteiger partial charge in [-0.15, -0.1) is 5.10 Å². The average molecular weight is 286 g/mol. The Morgan fingerprint density at radius 3 is 2.86 bits per heavy atom. The van der Waals surface area contributed by atoms with Crippen molar-refractivity contribution in [2.75, 3.05) is 5.32 Å². The van der Waals surface area contributed by atoms with Crippen LogP contribution in [0.1, 0.15) is 11.1 Å². The van der Waals surface area contributed by atoms with E-state index in [0.717, 1.165) is 17.2 Å². The zero-order valence-electron chi connectivity index (χ0n) is 11.4. The maximum absolute atomic E-state index is 11.8. The molecule has 0 radical (unpaired) electrons. The van der Waals surface area contributed by atoms with E-state index < -0.39 is 5.97 Å². The zero-order chi connectivity index (χ0) is 15.2. The Bertz CT molecular complexity index is 678. The highest BCUT2D eigenvalue weighted by Gasteiger charge is 2.05. The van der Waals surface area contributed by atoms with Gasteiger partial charge in [0.2, 0.25) is 5.91 Å². The summed E-state index contributed by atoms with van der Waals surface area (Å²) in [6, 6.07) is 5.24. The first kappa shape index (κ1) is 14.4. The Morgan fingerprint density at radius 2 is 2.24 bits per heavy atom. The minimum Gasteiger partial charge on any atom is -0.478 e. The van der Waals surface area contributed by atoms with E-state index >= 15 is 0 Å². The second-order valence-corrected chi connectivity index (χ2v) is 4.39. The summed E-state index contributed by atoms with van der Waals surface area (Å²) in [5.41, 5.74) is 2.29. The van der Waals surface area contributed by atoms with Crippen molar-refractivity contribution in [3.8, 4) is 0 Å². The quantitative estimate of drug-likeness (QED) is 0.808. The molecule has 0 spiro atoms. The average Bonchev–Trinajstić information content (AvgIpc) is 2.90. The number of carboxylic acids is 1. The first-order chi connectivity index (χ1) is 10.0. The Balaban J connectivity index is 2.03. The standard InChI is InChI=1S/C14H14N4O3/c1-10-8-12(4-2-11(10)3-5-14(20)21)16-13(19)9-18-7-6-15-17-18/h2-8H,9H2,1H3,(H,16,19)(H,20,21)/b5-3+. The molecule has 7 nitrogen and oxygen atoms in total. The molecule has 1 aromatic carbocycles. The first-order valence-corrected chi connectivity index (χ1v) is 6.20. The van der Waals surface area contributed by atoms with Crippen LogP contribution in [0.15, 0.2) is 36.7 Å². The predicted molar refractivity (Wildman–Crippen MR) is 76.5 cm³/mol. The number of hydrogen-bond donors (Lipinski definition) is 2. The molecular weight excluding hydrogens is 272 g/mol. The molecule has 1 heterocycles. The number of nitrogens with zero attached hydrogens (tertiary/aromatic N) is 3. The van der Waals surface area contributed by atoms with Gasteiger partial charge < -0.3 is 10.4 Å². The van der Waals surface area contributed by atoms with Gasteiger partial charge in [-0.2, -0.15) is 0 Å². The molecule has 0 atom stereocenters. The summed E-state index contributed by atoms with van der Waals surface area (Å²) in [5.74, 6) is -1.21. The van der Waals surface area contributed by atoms with E-state index in [-0.39, 0.29) is 12.5 Å². The van der Waals surface area contributed by atoms with Crippen molar-refractivity contribution in [1.82, 2.24) is 15.0 Å². The van der Waals surface area contributed by atoms with Crippen LogP contribution in [0, 0.1) is 6.92 Å². The number of aliphatic carboxylic acids is 1. The summed E-state index contributed by atoms with van der Waals surface area (Å²) in [4.78, 5) is 22.3. The number of carbonyl (C=O) groups excluding carboxylic acids is 1. The van der Waals surface area contributed by atoms with Crippen molar-refractivity contribution in [2.24, 2.45) is 0 Å². The van der Waals surface area contributed by atoms with Gasteiger partial charge in [-0.1, -0.05) is 11.3 Å². The Labute approximate surface area is 120 Å². The third kappa shape index (κ3) is 4.27. The van der Waals surface area contributed by atoms with Crippen LogP contribution >= 0.6 is 0 Å². The molecule has 0 saturated carbocycles. The molecule has 0 aliphatic carbocycles. The summed E-state index contributed by atoms with van der Waals surface area (Å²) in [6.45, 7) is 1.92. The lowest BCUT2D eigenvalue weighted by Gasteiger charge is -2.07. The van der Waals surface area contributed by atoms with E-state index in [1.165, 1.54) is 17.0 Å². The minimum atomic E-state index is -1.00. The number of amides is 1. The number of rotatable bonds is 5. The molecule has 0 aliphatic rings. The maximum atomic E-state index is 11.8. The SMILES string of the molecule is Cc1cc(NC(=O)Cn2ccnn2)ccc1/C=C/C(=O)O. The number of nitrogens with one attached hydrogen (secondary N) is 1. The zero-order valence-corrected chi connectivity index (χ0v) is 11.4. The minimum absolute atomic E-state index is 0.0831. The van der Waals surface area contributed by atoms with Crippen LogP contribution in [0.3, 0.4) is 0 Å². The second kappa shape index (κ2) is 6.47. The Hall–Kier alpha value is -2.96. The summed E-state index contributed by atoms with van der Waals surface area (Å²) in [7, 11) is 0. The molecule has 0 fully saturated rings. The molecular formula is C14H14N4O3. The van der Waals surface area contributed by atoms with E-state index in [0.29, 0.717) is 5.69 Å². The second-order valence-electron chi connectivity index (χ2n) is 4.39. The topological polar surface area (TPSA) is 97.1 Å². The predicted octanol–water partition coefficient (Wildman–Crippen LogP) is 1.32. The van der Waals surface area contributed by atoms with Crippen molar-refractivity contribution in [3.63, 3.8) is 0 Å². The lowest BCUT2D eigenvalue weighted by atomic mass is 10.1. The molecule has 1 aromatic heterocycles. The molecule has 21 heavy (non-hydrogen) atoms. The number of carboxylic acid groups (broad SMARTS) is 1. The van der Waals surface area contributed by atoms with E-state index in [1.54, 1.807) is 24.4 Å². The fraction of sp³-hybridized carbons (Fsp3) is 0.143. The smallest absolute Gasteiger partial charge is 0.328 e. The summed E-state index contributed by atoms with van der Waals surface area (Å²) < 4.78 is 1.42. The summed E-state index contributed by atoms with van der Waals surface area (Å²) >= 11 is 0. The molecule has 0 aliphatic heterocycles. The van der Waals surface area contributed by atoms with E-state index in [1.807, 2.05) is 6.92 Å². The molecule has 2 aromatic rings. The van der Waals surface area contributed by atoms with Gasteiger partial charge >= 0.3 is 5.97 Å². The van der Waals surface area contributed by atoms with Gasteiger partial charge in [0.25, 0.3) is 0 Å². The van der Waals surface area contributed by atoms with E-state index in [2.05, 4.69) is 15.6 Å². The van der Waals surface area contributed by atoms with Crippen LogP contribution in [0.5, 0.6) is 0 Å². The van der Waals surface area contributed by atoms with Crippen LogP contribution in [0.4, 0.5) is 5.69 Å². The largest absolute Gasteiger partial charge is 0.478 e. The Kier molecular flexibility index (Phi) is 4.45. The maximum Gasteiger partial charge on any atom is 0.328 e. The lowest BCUT2D eigenvalue weighted by molar-refractivity contribution is -0.131. The number of benzene rings is 1. The molecule has 0 unspecified atom stereocenters. The molecule has 1 amide bonds. The number of carbonyl (C=O) groups is 2. The van der Waals surface area contributed by atoms with Crippen LogP contribution < -0.4 is 5.32 Å². The van der Waals surface area contributed by atoms with Crippen LogP contribution in [0.2, 0.25) is 0 Å². The monoisotopic (exact) mass is 286 g/mol. The van der Waals surface area contributed by atoms with Gasteiger partial charge in [0, 0.05) is 18.0 Å². The number of anilines is 1. The highest BCUT2D eigenvalue weighted by molar-refractivity contribution is 5.91. The third-order valence-electron chi connectivity index (χ3n) is 2.74. The fourth-order valence-corrected chi connectivity index (χ4v) is 1.77. The lowest BCUT2D eigenvalue weighted by Crippen LogP contribution is -2.19. The molecule has 7 heteroatoms. The molecule has 2 rings (SSSR count). The van der Waals surface area contributed by atoms with Crippen LogP contribution in [-0.4, -0.2) is 32.0 Å². The number of hydrogen-bond acceptors (Lipinski definition) is 4. The molecule has 108 valence electrons. The van der Waals surface area contributed by atoms with Gasteiger partial charge in [0.1, 0.15) is 6.54 Å². The van der Waals surface area contributed by atoms with Crippen molar-refractivity contribution in [2.45, 2.75) is 13.5 Å². The van der Waals surface area contributed by atoms with Gasteiger partial charge in [0.05, 0.1) is 6.20 Å². The van der Waals surface area contributed by atoms with Gasteiger partial charge in [-0.25, -0.2) is 9.48 Å². The van der Waals surface area contributed by atoms with E-state index in [9.17, 15) is 9.59 Å². The highest BCUT2D eigenvalue weighted by atomic mass is 16.4. The van der Waals surface area contributed by atoms with Gasteiger partial charge in [0.15, 0.2) is 0 Å². The summed E-state index contributed by atoms with van der Waals surface area (Å²) in [5, 5.41) is 18.7. The fourth-order valence-electron chi connectivity index (χ4n) is 1.77. The van der Waals surface area contributed by atoms with Gasteiger partial charge in [-0.3, -0.25) is 4.79 Å². The number of aryl methyl sites for hydroxylation is 1. The summed E-state index contributed by atoms with van der Waals surface area (Å²) in [6.07, 6.45) is 5.69. The third-order valence-corrected chi connectivity index (χ3v) is 2.74. The van der Waals surface area contributed by atoms with Crippen LogP contribution in [0.25, 0.3) is 6.08 Å². The van der Waals surface area contributed by atoms with Crippen molar-refractivity contribution < 1.29 is 14.7 Å². The van der Waals surface area contributed by atoms with Crippen LogP contribution in [-0.2, 0) is 16.1 Å². The normalized spacial score (nSPS) is 10.7. The van der Waals surface area contributed by atoms with Crippen molar-refractivity contribution >= 4 is 23.6 Å². The molecule has 0 bridgehead atoms. The Morgan fingerprint density at radius 1 is 1.43 bits per heavy atom. The van der Waals surface area contributed by atoms with Crippen molar-refractivity contribution in [1.29, 1.82) is 0 Å². The first-order valence-electron chi connectivity index (χ1n) is 6.20. The van der Waals surface area contributed by atoms with E-state index in [4.69, 9.17) is 5.11 Å².